The first kappa shape index (κ1) is 123. The van der Waals surface area contributed by atoms with Crippen LogP contribution < -0.4 is 42.6 Å². The number of allylic oxidation sites excluding steroid dienone is 18. The van der Waals surface area contributed by atoms with Crippen molar-refractivity contribution in [1.82, 2.24) is 15.0 Å². The van der Waals surface area contributed by atoms with E-state index in [4.69, 9.17) is 57.6 Å². The van der Waals surface area contributed by atoms with E-state index in [1.807, 2.05) is 0 Å². The van der Waals surface area contributed by atoms with Gasteiger partial charge in [0.1, 0.15) is 0 Å². The van der Waals surface area contributed by atoms with Gasteiger partial charge in [-0.1, -0.05) is 276 Å². The Morgan fingerprint density at radius 2 is 0.320 bits per heavy atom. The first-order chi connectivity index (χ1) is 70.5. The van der Waals surface area contributed by atoms with Gasteiger partial charge in [0.25, 0.3) is 0 Å². The van der Waals surface area contributed by atoms with Gasteiger partial charge in [-0.15, -0.1) is 0 Å². The molecule has 147 heavy (non-hydrogen) atoms. The molecule has 7 aromatic rings. The highest BCUT2D eigenvalue weighted by Gasteiger charge is 2.24. The Morgan fingerprint density at radius 3 is 0.463 bits per heavy atom. The maximum Gasteiger partial charge on any atom is 0.203 e. The summed E-state index contributed by atoms with van der Waals surface area (Å²) in [6.07, 6.45) is 61.8. The Hall–Kier alpha value is -10.6. The molecule has 0 amide bonds. The van der Waals surface area contributed by atoms with Crippen LogP contribution in [0.25, 0.3) is 70.6 Å². The number of benzene rings is 6. The fourth-order valence-electron chi connectivity index (χ4n) is 17.2. The van der Waals surface area contributed by atoms with E-state index in [2.05, 4.69) is 387 Å². The van der Waals surface area contributed by atoms with Gasteiger partial charge in [-0.3, -0.25) is 0 Å². The van der Waals surface area contributed by atoms with E-state index in [-0.39, 0.29) is 0 Å². The van der Waals surface area contributed by atoms with Crippen molar-refractivity contribution in [2.45, 2.75) is 360 Å². The van der Waals surface area contributed by atoms with Crippen molar-refractivity contribution >= 4 is 36.5 Å². The molecule has 9 atom stereocenters. The monoisotopic (exact) mass is 2000 g/mol. The molecule has 0 aliphatic carbocycles. The van der Waals surface area contributed by atoms with Crippen LogP contribution in [0, 0.1) is 53.3 Å². The number of ether oxygens (including phenoxy) is 9. The molecule has 0 radical (unpaired) electrons. The van der Waals surface area contributed by atoms with E-state index in [9.17, 15) is 0 Å². The van der Waals surface area contributed by atoms with Crippen molar-refractivity contribution in [3.63, 3.8) is 0 Å². The summed E-state index contributed by atoms with van der Waals surface area (Å²) in [5.74, 6) is 12.4. The molecule has 0 fully saturated rings. The van der Waals surface area contributed by atoms with Gasteiger partial charge < -0.3 is 42.6 Å². The fraction of sp³-hybridized carbons (Fsp3) is 0.533. The second kappa shape index (κ2) is 69.7. The first-order valence-electron chi connectivity index (χ1n) is 56.5. The zero-order chi connectivity index (χ0) is 107. The minimum absolute atomic E-state index is 0.487. The molecule has 0 saturated carbocycles. The van der Waals surface area contributed by atoms with E-state index in [0.29, 0.717) is 182 Å². The number of hydrogen-bond acceptors (Lipinski definition) is 12. The molecule has 7 rings (SSSR count). The minimum Gasteiger partial charge on any atom is -0.490 e. The smallest absolute Gasteiger partial charge is 0.203 e. The highest BCUT2D eigenvalue weighted by atomic mass is 16.6. The third kappa shape index (κ3) is 52.4. The van der Waals surface area contributed by atoms with Gasteiger partial charge in [-0.2, -0.15) is 0 Å². The Balaban J connectivity index is 1.33. The maximum atomic E-state index is 6.89. The van der Waals surface area contributed by atoms with Crippen LogP contribution in [0.3, 0.4) is 0 Å². The van der Waals surface area contributed by atoms with Gasteiger partial charge >= 0.3 is 0 Å². The van der Waals surface area contributed by atoms with Crippen molar-refractivity contribution in [3.05, 3.63) is 247 Å². The van der Waals surface area contributed by atoms with Gasteiger partial charge in [0.15, 0.2) is 52.0 Å². The Bertz CT molecular complexity index is 4650. The lowest BCUT2D eigenvalue weighted by Gasteiger charge is -2.20. The zero-order valence-electron chi connectivity index (χ0n) is 96.7. The van der Waals surface area contributed by atoms with Crippen molar-refractivity contribution in [3.8, 4) is 85.9 Å². The first-order valence-corrected chi connectivity index (χ1v) is 56.5. The highest BCUT2D eigenvalue weighted by molar-refractivity contribution is 5.78. The molecule has 0 bridgehead atoms. The summed E-state index contributed by atoms with van der Waals surface area (Å²) in [5.41, 5.74) is 20.7. The van der Waals surface area contributed by atoms with Gasteiger partial charge in [0, 0.05) is 16.7 Å². The normalized spacial score (nSPS) is 13.2. The lowest BCUT2D eigenvalue weighted by atomic mass is 10.0. The van der Waals surface area contributed by atoms with E-state index >= 15 is 0 Å². The maximum absolute atomic E-state index is 6.89. The van der Waals surface area contributed by atoms with Gasteiger partial charge in [0.05, 0.1) is 59.5 Å². The van der Waals surface area contributed by atoms with Crippen LogP contribution in [-0.2, 0) is 0 Å². The van der Waals surface area contributed by atoms with Crippen molar-refractivity contribution in [2.24, 2.45) is 53.3 Å². The molecule has 1 aromatic heterocycles. The van der Waals surface area contributed by atoms with E-state index in [0.717, 1.165) is 223 Å². The van der Waals surface area contributed by atoms with E-state index < -0.39 is 0 Å². The van der Waals surface area contributed by atoms with Gasteiger partial charge in [-0.05, 0) is 421 Å². The summed E-state index contributed by atoms with van der Waals surface area (Å²) < 4.78 is 62.0. The number of hydrogen-bond donors (Lipinski definition) is 0. The quantitative estimate of drug-likeness (QED) is 0.0266. The summed E-state index contributed by atoms with van der Waals surface area (Å²) in [6, 6.07) is 38.4. The van der Waals surface area contributed by atoms with Crippen molar-refractivity contribution in [1.29, 1.82) is 0 Å². The Morgan fingerprint density at radius 1 is 0.184 bits per heavy atom. The molecule has 0 aliphatic rings. The summed E-state index contributed by atoms with van der Waals surface area (Å²) in [5, 5.41) is 0. The summed E-state index contributed by atoms with van der Waals surface area (Å²) in [7, 11) is 0. The predicted octanol–water partition coefficient (Wildman–Crippen LogP) is 39.7. The van der Waals surface area contributed by atoms with Crippen LogP contribution in [0.1, 0.15) is 394 Å². The highest BCUT2D eigenvalue weighted by Crippen LogP contribution is 2.45. The minimum atomic E-state index is 0.487. The predicted molar refractivity (Wildman–Crippen MR) is 634 cm³/mol. The second-order valence-corrected chi connectivity index (χ2v) is 45.1. The van der Waals surface area contributed by atoms with Crippen LogP contribution in [-0.4, -0.2) is 74.4 Å². The van der Waals surface area contributed by atoms with E-state index in [1.165, 1.54) is 50.2 Å². The largest absolute Gasteiger partial charge is 0.490 e. The number of rotatable bonds is 72. The van der Waals surface area contributed by atoms with Crippen LogP contribution in [0.15, 0.2) is 214 Å². The topological polar surface area (TPSA) is 122 Å². The third-order valence-corrected chi connectivity index (χ3v) is 27.4. The number of aromatic nitrogens is 3. The standard InChI is InChI=1S/C135H195N3O9/c1-97(2)37-28-46-106(19)73-82-139-124-91-118(92-125(140-83-74-107(20)47-29-38-98(3)4)130(124)145-88-79-112(25)52-34-43-103(13)14)58-55-115-61-67-121(68-62-115)133-136-134(122-69-63-116(64-70-122)56-59-119-93-126(141-84-75-108(21)48-30-39-99(5)6)131(146-89-80-113(26)53-35-44-104(15)16)127(94-119)142-85-76-109(22)49-31-40-100(7)8)138-135(137-133)123-71-65-117(66-72-123)57-60-120-95-128(143-86-77-110(23)50-32-41-101(9)10)132(147-90-81-114(27)54-36-45-105(17)18)129(96-120)144-87-78-111(24)51-33-42-102(11)12/h37-45,55-72,91-96,106-114H,28-36,46-54,73-90H2,1-27H3/b58-55+,59-56+,60-57+/t106-,107-,108-,109-,110-,111-,112-,113-,114-/m0/s1. The molecule has 0 saturated heterocycles. The molecule has 804 valence electrons. The Kier molecular flexibility index (Phi) is 58.4. The average molecular weight is 2000 g/mol. The summed E-state index contributed by atoms with van der Waals surface area (Å²) >= 11 is 0. The molecule has 0 N–H and O–H groups in total. The summed E-state index contributed by atoms with van der Waals surface area (Å²) in [6.45, 7) is 65.2. The molecule has 12 nitrogen and oxygen atoms in total. The molecule has 0 spiro atoms. The van der Waals surface area contributed by atoms with Gasteiger partial charge in [0.2, 0.25) is 17.2 Å². The average Bonchev–Trinajstić information content (AvgIpc) is 0.790. The van der Waals surface area contributed by atoms with Crippen LogP contribution in [0.5, 0.6) is 51.7 Å². The van der Waals surface area contributed by atoms with Crippen molar-refractivity contribution < 1.29 is 42.6 Å². The lowest BCUT2D eigenvalue weighted by Crippen LogP contribution is -2.10. The Labute approximate surface area is 894 Å². The summed E-state index contributed by atoms with van der Waals surface area (Å²) in [4.78, 5) is 16.1. The molecule has 12 heteroatoms. The van der Waals surface area contributed by atoms with Crippen LogP contribution >= 0.6 is 0 Å². The van der Waals surface area contributed by atoms with Crippen LogP contribution in [0.4, 0.5) is 0 Å². The van der Waals surface area contributed by atoms with Crippen molar-refractivity contribution in [2.75, 3.05) is 59.5 Å². The third-order valence-electron chi connectivity index (χ3n) is 27.4. The molecule has 0 unspecified atom stereocenters. The van der Waals surface area contributed by atoms with E-state index in [1.54, 1.807) is 0 Å². The van der Waals surface area contributed by atoms with Gasteiger partial charge in [-0.25, -0.2) is 15.0 Å². The molecule has 0 aliphatic heterocycles. The molecular weight excluding hydrogens is 1810 g/mol. The molecule has 1 heterocycles. The fourth-order valence-corrected chi connectivity index (χ4v) is 17.2. The number of nitrogens with zero attached hydrogens (tertiary/aromatic N) is 3. The zero-order valence-corrected chi connectivity index (χ0v) is 96.7. The SMILES string of the molecule is CC(C)=CCC[C@H](C)CCOc1cc(/C=C/c2ccc(-c3nc(-c4ccc(/C=C/c5cc(OCC[C@@H](C)CCC=C(C)C)c(OCC[C@@H](C)CCC=C(C)C)c(OCC[C@@H](C)CCC=C(C)C)c5)cc4)nc(-c4ccc(/C=C/c5cc(OCC[C@@H](C)CCC=C(C)C)c(OCC[C@@H](C)CCC=C(C)C)c(OCC[C@@H](C)CCC=C(C)C)c5)cc4)n3)cc2)cc(OCC[C@@H](C)CCC=C(C)C)c1OCC[C@@H](C)CCC=C(C)C. The lowest BCUT2D eigenvalue weighted by molar-refractivity contribution is 0.218. The second-order valence-electron chi connectivity index (χ2n) is 45.1. The van der Waals surface area contributed by atoms with Crippen LogP contribution in [0.2, 0.25) is 0 Å². The molecular formula is C135H195N3O9. The molecule has 6 aromatic carbocycles.